The van der Waals surface area contributed by atoms with Crippen molar-refractivity contribution in [3.05, 3.63) is 57.5 Å². The molecule has 2 aromatic heterocycles. The summed E-state index contributed by atoms with van der Waals surface area (Å²) in [7, 11) is 0. The number of benzene rings is 1. The van der Waals surface area contributed by atoms with Crippen LogP contribution >= 0.6 is 23.1 Å². The fourth-order valence-corrected chi connectivity index (χ4v) is 3.91. The zero-order chi connectivity index (χ0) is 21.0. The standard InChI is InChI=1S/C17H15N5O5S2/c1-9-6-13(10(2)27-9)15(24)19-16-20-21-17(29-16)28-8-14(23)18-11-4-3-5-12(7-11)22(25)26/h3-7H,8H2,1-2H3,(H,18,23)(H,19,20,24). The first-order valence-electron chi connectivity index (χ1n) is 8.21. The lowest BCUT2D eigenvalue weighted by atomic mass is 10.2. The monoisotopic (exact) mass is 433 g/mol. The van der Waals surface area contributed by atoms with Crippen molar-refractivity contribution in [2.75, 3.05) is 16.4 Å². The fraction of sp³-hybridized carbons (Fsp3) is 0.176. The van der Waals surface area contributed by atoms with Gasteiger partial charge in [0.1, 0.15) is 11.5 Å². The highest BCUT2D eigenvalue weighted by molar-refractivity contribution is 8.01. The molecule has 150 valence electrons. The molecule has 0 saturated heterocycles. The van der Waals surface area contributed by atoms with Crippen LogP contribution < -0.4 is 10.6 Å². The Kier molecular flexibility index (Phi) is 6.24. The van der Waals surface area contributed by atoms with Crippen LogP contribution in [0.5, 0.6) is 0 Å². The molecule has 0 aliphatic heterocycles. The topological polar surface area (TPSA) is 140 Å². The number of non-ortho nitro benzene ring substituents is 1. The Morgan fingerprint density at radius 1 is 1.24 bits per heavy atom. The van der Waals surface area contributed by atoms with E-state index < -0.39 is 4.92 Å². The number of amides is 2. The van der Waals surface area contributed by atoms with E-state index in [9.17, 15) is 19.7 Å². The number of hydrogen-bond donors (Lipinski definition) is 2. The SMILES string of the molecule is Cc1cc(C(=O)Nc2nnc(SCC(=O)Nc3cccc([N+](=O)[O-])c3)s2)c(C)o1. The summed E-state index contributed by atoms with van der Waals surface area (Å²) in [4.78, 5) is 34.5. The molecule has 0 spiro atoms. The van der Waals surface area contributed by atoms with Crippen LogP contribution in [0.4, 0.5) is 16.5 Å². The Morgan fingerprint density at radius 3 is 2.72 bits per heavy atom. The number of carbonyl (C=O) groups is 2. The molecule has 0 saturated carbocycles. The summed E-state index contributed by atoms with van der Waals surface area (Å²) in [5.41, 5.74) is 0.645. The van der Waals surface area contributed by atoms with Crippen molar-refractivity contribution in [3.8, 4) is 0 Å². The van der Waals surface area contributed by atoms with Crippen LogP contribution in [-0.4, -0.2) is 32.7 Å². The van der Waals surface area contributed by atoms with E-state index in [0.717, 1.165) is 23.1 Å². The predicted octanol–water partition coefficient (Wildman–Crippen LogP) is 3.64. The van der Waals surface area contributed by atoms with Gasteiger partial charge in [0, 0.05) is 17.8 Å². The predicted molar refractivity (Wildman–Crippen MR) is 108 cm³/mol. The largest absolute Gasteiger partial charge is 0.466 e. The second-order valence-electron chi connectivity index (χ2n) is 5.80. The van der Waals surface area contributed by atoms with Gasteiger partial charge in [0.05, 0.1) is 16.2 Å². The zero-order valence-electron chi connectivity index (χ0n) is 15.3. The summed E-state index contributed by atoms with van der Waals surface area (Å²) in [6.07, 6.45) is 0. The molecule has 3 aromatic rings. The number of rotatable bonds is 7. The maximum Gasteiger partial charge on any atom is 0.271 e. The van der Waals surface area contributed by atoms with E-state index in [4.69, 9.17) is 4.42 Å². The van der Waals surface area contributed by atoms with Gasteiger partial charge in [0.15, 0.2) is 4.34 Å². The van der Waals surface area contributed by atoms with Crippen molar-refractivity contribution in [2.45, 2.75) is 18.2 Å². The smallest absolute Gasteiger partial charge is 0.271 e. The van der Waals surface area contributed by atoms with Crippen molar-refractivity contribution in [1.29, 1.82) is 0 Å². The van der Waals surface area contributed by atoms with Crippen LogP contribution in [0, 0.1) is 24.0 Å². The van der Waals surface area contributed by atoms with Crippen molar-refractivity contribution >= 4 is 51.4 Å². The third kappa shape index (κ3) is 5.39. The number of nitrogens with zero attached hydrogens (tertiary/aromatic N) is 3. The molecule has 2 amide bonds. The molecule has 3 rings (SSSR count). The normalized spacial score (nSPS) is 10.6. The Hall–Kier alpha value is -3.25. The van der Waals surface area contributed by atoms with Gasteiger partial charge >= 0.3 is 0 Å². The Bertz CT molecular complexity index is 1080. The molecule has 0 radical (unpaired) electrons. The van der Waals surface area contributed by atoms with Gasteiger partial charge in [-0.3, -0.25) is 25.0 Å². The quantitative estimate of drug-likeness (QED) is 0.249. The summed E-state index contributed by atoms with van der Waals surface area (Å²) < 4.78 is 5.83. The van der Waals surface area contributed by atoms with E-state index in [1.54, 1.807) is 26.0 Å². The fourth-order valence-electron chi connectivity index (χ4n) is 2.36. The molecule has 29 heavy (non-hydrogen) atoms. The summed E-state index contributed by atoms with van der Waals surface area (Å²) in [5, 5.41) is 24.1. The lowest BCUT2D eigenvalue weighted by Crippen LogP contribution is -2.14. The maximum absolute atomic E-state index is 12.3. The minimum Gasteiger partial charge on any atom is -0.466 e. The summed E-state index contributed by atoms with van der Waals surface area (Å²) in [5.74, 6) is 0.481. The minimum atomic E-state index is -0.534. The summed E-state index contributed by atoms with van der Waals surface area (Å²) in [6.45, 7) is 3.45. The zero-order valence-corrected chi connectivity index (χ0v) is 16.9. The van der Waals surface area contributed by atoms with E-state index in [2.05, 4.69) is 20.8 Å². The number of hydrogen-bond acceptors (Lipinski definition) is 9. The molecular weight excluding hydrogens is 418 g/mol. The van der Waals surface area contributed by atoms with Crippen LogP contribution in [0.25, 0.3) is 0 Å². The molecule has 0 unspecified atom stereocenters. The number of nitro groups is 1. The molecular formula is C17H15N5O5S2. The first-order chi connectivity index (χ1) is 13.8. The summed E-state index contributed by atoms with van der Waals surface area (Å²) >= 11 is 2.27. The highest BCUT2D eigenvalue weighted by Crippen LogP contribution is 2.26. The summed E-state index contributed by atoms with van der Waals surface area (Å²) in [6, 6.07) is 7.31. The van der Waals surface area contributed by atoms with Crippen LogP contribution in [0.3, 0.4) is 0 Å². The number of aryl methyl sites for hydroxylation is 2. The first kappa shape index (κ1) is 20.5. The van der Waals surface area contributed by atoms with Gasteiger partial charge in [-0.2, -0.15) is 0 Å². The van der Waals surface area contributed by atoms with E-state index in [-0.39, 0.29) is 23.3 Å². The highest BCUT2D eigenvalue weighted by Gasteiger charge is 2.16. The van der Waals surface area contributed by atoms with Crippen LogP contribution in [0.1, 0.15) is 21.9 Å². The van der Waals surface area contributed by atoms with Crippen LogP contribution in [0.15, 0.2) is 39.1 Å². The highest BCUT2D eigenvalue weighted by atomic mass is 32.2. The third-order valence-electron chi connectivity index (χ3n) is 3.58. The van der Waals surface area contributed by atoms with Gasteiger partial charge in [0.25, 0.3) is 11.6 Å². The van der Waals surface area contributed by atoms with Gasteiger partial charge in [-0.1, -0.05) is 29.2 Å². The number of furan rings is 1. The van der Waals surface area contributed by atoms with Crippen LogP contribution in [-0.2, 0) is 4.79 Å². The molecule has 10 nitrogen and oxygen atoms in total. The minimum absolute atomic E-state index is 0.0330. The molecule has 2 N–H and O–H groups in total. The lowest BCUT2D eigenvalue weighted by molar-refractivity contribution is -0.384. The molecule has 0 bridgehead atoms. The van der Waals surface area contributed by atoms with E-state index in [1.807, 2.05) is 0 Å². The van der Waals surface area contributed by atoms with Gasteiger partial charge in [-0.15, -0.1) is 10.2 Å². The number of aromatic nitrogens is 2. The third-order valence-corrected chi connectivity index (χ3v) is 5.55. The number of anilines is 2. The lowest BCUT2D eigenvalue weighted by Gasteiger charge is -2.03. The van der Waals surface area contributed by atoms with Crippen molar-refractivity contribution in [3.63, 3.8) is 0 Å². The Labute approximate surface area is 172 Å². The van der Waals surface area contributed by atoms with E-state index in [1.165, 1.54) is 18.2 Å². The van der Waals surface area contributed by atoms with Crippen LogP contribution in [0.2, 0.25) is 0 Å². The first-order valence-corrected chi connectivity index (χ1v) is 10.0. The van der Waals surface area contributed by atoms with E-state index in [0.29, 0.717) is 32.2 Å². The molecule has 0 fully saturated rings. The number of nitrogens with one attached hydrogen (secondary N) is 2. The van der Waals surface area contributed by atoms with Crippen molar-refractivity contribution in [1.82, 2.24) is 10.2 Å². The molecule has 12 heteroatoms. The van der Waals surface area contributed by atoms with Crippen molar-refractivity contribution in [2.24, 2.45) is 0 Å². The second-order valence-corrected chi connectivity index (χ2v) is 8.00. The molecule has 0 atom stereocenters. The maximum atomic E-state index is 12.3. The Balaban J connectivity index is 1.53. The van der Waals surface area contributed by atoms with Gasteiger partial charge in [0.2, 0.25) is 11.0 Å². The molecule has 0 aliphatic rings. The van der Waals surface area contributed by atoms with Gasteiger partial charge in [-0.05, 0) is 26.0 Å². The second kappa shape index (κ2) is 8.84. The molecule has 1 aromatic carbocycles. The number of carbonyl (C=O) groups excluding carboxylic acids is 2. The molecule has 2 heterocycles. The average Bonchev–Trinajstić information content (AvgIpc) is 3.25. The number of nitro benzene ring substituents is 1. The van der Waals surface area contributed by atoms with E-state index >= 15 is 0 Å². The average molecular weight is 433 g/mol. The molecule has 0 aliphatic carbocycles. The van der Waals surface area contributed by atoms with Crippen molar-refractivity contribution < 1.29 is 18.9 Å². The van der Waals surface area contributed by atoms with Gasteiger partial charge < -0.3 is 9.73 Å². The number of thioether (sulfide) groups is 1. The Morgan fingerprint density at radius 2 is 2.03 bits per heavy atom. The van der Waals surface area contributed by atoms with Gasteiger partial charge in [-0.25, -0.2) is 0 Å².